The summed E-state index contributed by atoms with van der Waals surface area (Å²) in [6.07, 6.45) is 8.83. The summed E-state index contributed by atoms with van der Waals surface area (Å²) in [5.74, 6) is 0. The van der Waals surface area contributed by atoms with Gasteiger partial charge >= 0.3 is 0 Å². The third-order valence-corrected chi connectivity index (χ3v) is 1.90. The van der Waals surface area contributed by atoms with Crippen LogP contribution in [0.5, 0.6) is 0 Å². The number of hydrogen-bond acceptors (Lipinski definition) is 2. The summed E-state index contributed by atoms with van der Waals surface area (Å²) in [7, 11) is 0. The lowest BCUT2D eigenvalue weighted by molar-refractivity contribution is -0.138. The summed E-state index contributed by atoms with van der Waals surface area (Å²) in [5, 5.41) is 0. The molecule has 0 fully saturated rings. The predicted molar refractivity (Wildman–Crippen MR) is 60.3 cm³/mol. The van der Waals surface area contributed by atoms with Crippen LogP contribution in [0, 0.1) is 0 Å². The second-order valence-electron chi connectivity index (χ2n) is 3.18. The molecular formula is C12H24O2. The summed E-state index contributed by atoms with van der Waals surface area (Å²) < 4.78 is 10.9. The van der Waals surface area contributed by atoms with Gasteiger partial charge in [0, 0.05) is 19.6 Å². The minimum absolute atomic E-state index is 0.0173. The fraction of sp³-hybridized carbons (Fsp3) is 0.833. The van der Waals surface area contributed by atoms with Crippen molar-refractivity contribution in [1.29, 1.82) is 0 Å². The lowest BCUT2D eigenvalue weighted by Crippen LogP contribution is -2.16. The smallest absolute Gasteiger partial charge is 0.157 e. The van der Waals surface area contributed by atoms with Crippen LogP contribution in [0.3, 0.4) is 0 Å². The second-order valence-corrected chi connectivity index (χ2v) is 3.18. The second kappa shape index (κ2) is 10.7. The molecule has 0 aromatic carbocycles. The number of hydrogen-bond donors (Lipinski definition) is 0. The van der Waals surface area contributed by atoms with E-state index in [1.807, 2.05) is 13.8 Å². The molecule has 0 amide bonds. The Hall–Kier alpha value is -0.340. The Labute approximate surface area is 88.3 Å². The zero-order valence-corrected chi connectivity index (χ0v) is 9.79. The fourth-order valence-electron chi connectivity index (χ4n) is 1.22. The molecule has 0 unspecified atom stereocenters. The number of ether oxygens (including phenoxy) is 2. The Morgan fingerprint density at radius 3 is 2.00 bits per heavy atom. The SMILES string of the molecule is CCCC=CCCC(OCC)OCC. The van der Waals surface area contributed by atoms with Crippen molar-refractivity contribution in [2.75, 3.05) is 13.2 Å². The van der Waals surface area contributed by atoms with Crippen molar-refractivity contribution in [1.82, 2.24) is 0 Å². The van der Waals surface area contributed by atoms with E-state index in [0.717, 1.165) is 26.1 Å². The molecule has 2 heteroatoms. The van der Waals surface area contributed by atoms with E-state index in [2.05, 4.69) is 19.1 Å². The molecule has 0 saturated heterocycles. The zero-order valence-electron chi connectivity index (χ0n) is 9.79. The molecule has 0 saturated carbocycles. The van der Waals surface area contributed by atoms with Gasteiger partial charge in [-0.1, -0.05) is 25.5 Å². The molecule has 84 valence electrons. The first kappa shape index (κ1) is 13.7. The molecule has 0 aliphatic carbocycles. The van der Waals surface area contributed by atoms with Crippen LogP contribution in [0.15, 0.2) is 12.2 Å². The van der Waals surface area contributed by atoms with Crippen LogP contribution in [0.25, 0.3) is 0 Å². The van der Waals surface area contributed by atoms with E-state index in [1.54, 1.807) is 0 Å². The van der Waals surface area contributed by atoms with Gasteiger partial charge in [0.1, 0.15) is 0 Å². The number of rotatable bonds is 9. The average molecular weight is 200 g/mol. The average Bonchev–Trinajstić information content (AvgIpc) is 2.18. The van der Waals surface area contributed by atoms with Crippen molar-refractivity contribution in [3.8, 4) is 0 Å². The van der Waals surface area contributed by atoms with Gasteiger partial charge < -0.3 is 9.47 Å². The monoisotopic (exact) mass is 200 g/mol. The summed E-state index contributed by atoms with van der Waals surface area (Å²) in [6.45, 7) is 7.64. The van der Waals surface area contributed by atoms with Gasteiger partial charge in [-0.3, -0.25) is 0 Å². The van der Waals surface area contributed by atoms with Crippen LogP contribution >= 0.6 is 0 Å². The maximum absolute atomic E-state index is 5.43. The highest BCUT2D eigenvalue weighted by Gasteiger charge is 2.05. The van der Waals surface area contributed by atoms with Crippen molar-refractivity contribution in [3.63, 3.8) is 0 Å². The van der Waals surface area contributed by atoms with E-state index in [9.17, 15) is 0 Å². The first-order valence-electron chi connectivity index (χ1n) is 5.73. The largest absolute Gasteiger partial charge is 0.353 e. The van der Waals surface area contributed by atoms with Crippen LogP contribution in [0.1, 0.15) is 46.5 Å². The molecule has 2 nitrogen and oxygen atoms in total. The highest BCUT2D eigenvalue weighted by Crippen LogP contribution is 2.05. The summed E-state index contributed by atoms with van der Waals surface area (Å²) in [4.78, 5) is 0. The first-order chi connectivity index (χ1) is 6.85. The van der Waals surface area contributed by atoms with Crippen molar-refractivity contribution >= 4 is 0 Å². The lowest BCUT2D eigenvalue weighted by Gasteiger charge is -2.15. The van der Waals surface area contributed by atoms with Gasteiger partial charge in [0.15, 0.2) is 6.29 Å². The molecule has 0 aliphatic rings. The van der Waals surface area contributed by atoms with Gasteiger partial charge in [0.25, 0.3) is 0 Å². The van der Waals surface area contributed by atoms with Crippen LogP contribution in [0.4, 0.5) is 0 Å². The maximum Gasteiger partial charge on any atom is 0.157 e. The van der Waals surface area contributed by atoms with Gasteiger partial charge in [0.2, 0.25) is 0 Å². The maximum atomic E-state index is 5.43. The molecule has 0 aromatic rings. The zero-order chi connectivity index (χ0) is 10.6. The molecule has 0 aliphatic heterocycles. The molecule has 0 heterocycles. The third-order valence-electron chi connectivity index (χ3n) is 1.90. The van der Waals surface area contributed by atoms with Gasteiger partial charge in [-0.15, -0.1) is 0 Å². The van der Waals surface area contributed by atoms with Crippen molar-refractivity contribution in [2.24, 2.45) is 0 Å². The van der Waals surface area contributed by atoms with Crippen LogP contribution in [-0.4, -0.2) is 19.5 Å². The van der Waals surface area contributed by atoms with E-state index in [0.29, 0.717) is 0 Å². The summed E-state index contributed by atoms with van der Waals surface area (Å²) in [6, 6.07) is 0. The standard InChI is InChI=1S/C12H24O2/c1-4-7-8-9-10-11-12(13-5-2)14-6-3/h8-9,12H,4-7,10-11H2,1-3H3. The third kappa shape index (κ3) is 8.27. The van der Waals surface area contributed by atoms with Gasteiger partial charge in [-0.05, 0) is 26.7 Å². The van der Waals surface area contributed by atoms with E-state index in [-0.39, 0.29) is 6.29 Å². The minimum Gasteiger partial charge on any atom is -0.353 e. The normalized spacial score (nSPS) is 11.7. The van der Waals surface area contributed by atoms with E-state index < -0.39 is 0 Å². The number of unbranched alkanes of at least 4 members (excludes halogenated alkanes) is 1. The Morgan fingerprint density at radius 2 is 1.50 bits per heavy atom. The molecule has 0 rings (SSSR count). The highest BCUT2D eigenvalue weighted by atomic mass is 16.7. The van der Waals surface area contributed by atoms with Crippen LogP contribution in [0.2, 0.25) is 0 Å². The minimum atomic E-state index is -0.0173. The molecule has 0 N–H and O–H groups in total. The summed E-state index contributed by atoms with van der Waals surface area (Å²) in [5.41, 5.74) is 0. The molecule has 0 spiro atoms. The van der Waals surface area contributed by atoms with Crippen molar-refractivity contribution in [3.05, 3.63) is 12.2 Å². The number of allylic oxidation sites excluding steroid dienone is 2. The Balaban J connectivity index is 3.48. The Morgan fingerprint density at radius 1 is 0.929 bits per heavy atom. The predicted octanol–water partition coefficient (Wildman–Crippen LogP) is 3.52. The van der Waals surface area contributed by atoms with Gasteiger partial charge in [-0.25, -0.2) is 0 Å². The Bertz CT molecular complexity index is 126. The topological polar surface area (TPSA) is 18.5 Å². The van der Waals surface area contributed by atoms with Crippen molar-refractivity contribution < 1.29 is 9.47 Å². The van der Waals surface area contributed by atoms with E-state index >= 15 is 0 Å². The molecular weight excluding hydrogens is 176 g/mol. The first-order valence-corrected chi connectivity index (χ1v) is 5.73. The molecule has 0 atom stereocenters. The van der Waals surface area contributed by atoms with Crippen molar-refractivity contribution in [2.45, 2.75) is 52.7 Å². The quantitative estimate of drug-likeness (QED) is 0.419. The highest BCUT2D eigenvalue weighted by molar-refractivity contribution is 4.81. The Kier molecular flexibility index (Phi) is 10.5. The lowest BCUT2D eigenvalue weighted by atomic mass is 10.2. The molecule has 0 aromatic heterocycles. The molecule has 14 heavy (non-hydrogen) atoms. The molecule has 0 bridgehead atoms. The fourth-order valence-corrected chi connectivity index (χ4v) is 1.22. The van der Waals surface area contributed by atoms with Crippen LogP contribution in [-0.2, 0) is 9.47 Å². The van der Waals surface area contributed by atoms with E-state index in [4.69, 9.17) is 9.47 Å². The molecule has 0 radical (unpaired) electrons. The van der Waals surface area contributed by atoms with Gasteiger partial charge in [0.05, 0.1) is 0 Å². The van der Waals surface area contributed by atoms with Gasteiger partial charge in [-0.2, -0.15) is 0 Å². The summed E-state index contributed by atoms with van der Waals surface area (Å²) >= 11 is 0. The van der Waals surface area contributed by atoms with Crippen LogP contribution < -0.4 is 0 Å². The van der Waals surface area contributed by atoms with E-state index in [1.165, 1.54) is 12.8 Å².